The van der Waals surface area contributed by atoms with E-state index in [0.717, 1.165) is 12.0 Å². The fraction of sp³-hybridized carbons (Fsp3) is 0.700. The lowest BCUT2D eigenvalue weighted by Crippen LogP contribution is -2.20. The average molecular weight is 168 g/mol. The van der Waals surface area contributed by atoms with Gasteiger partial charge in [-0.15, -0.1) is 0 Å². The number of cyclic esters (lactones) is 1. The van der Waals surface area contributed by atoms with Crippen molar-refractivity contribution >= 4 is 5.97 Å². The van der Waals surface area contributed by atoms with E-state index in [-0.39, 0.29) is 17.3 Å². The normalized spacial score (nSPS) is 23.9. The number of hydrogen-bond donors (Lipinski definition) is 0. The van der Waals surface area contributed by atoms with Crippen LogP contribution in [0.4, 0.5) is 0 Å². The number of ether oxygens (including phenoxy) is 1. The first kappa shape index (κ1) is 9.30. The SMILES string of the molecule is C=C(C1CCOC1=O)C(C)(C)C. The lowest BCUT2D eigenvalue weighted by molar-refractivity contribution is -0.140. The predicted molar refractivity (Wildman–Crippen MR) is 47.7 cm³/mol. The molecule has 0 aliphatic carbocycles. The van der Waals surface area contributed by atoms with E-state index >= 15 is 0 Å². The molecule has 0 saturated carbocycles. The van der Waals surface area contributed by atoms with E-state index in [1.54, 1.807) is 0 Å². The summed E-state index contributed by atoms with van der Waals surface area (Å²) in [6, 6.07) is 0. The predicted octanol–water partition coefficient (Wildman–Crippen LogP) is 2.15. The minimum atomic E-state index is -0.102. The van der Waals surface area contributed by atoms with Crippen molar-refractivity contribution in [2.45, 2.75) is 27.2 Å². The Hall–Kier alpha value is -0.790. The fourth-order valence-corrected chi connectivity index (χ4v) is 1.33. The van der Waals surface area contributed by atoms with Gasteiger partial charge in [-0.25, -0.2) is 0 Å². The maximum Gasteiger partial charge on any atom is 0.313 e. The van der Waals surface area contributed by atoms with Crippen LogP contribution in [0.1, 0.15) is 27.2 Å². The van der Waals surface area contributed by atoms with Crippen LogP contribution in [0.25, 0.3) is 0 Å². The van der Waals surface area contributed by atoms with Crippen molar-refractivity contribution < 1.29 is 9.53 Å². The van der Waals surface area contributed by atoms with E-state index in [9.17, 15) is 4.79 Å². The van der Waals surface area contributed by atoms with E-state index in [2.05, 4.69) is 27.4 Å². The maximum absolute atomic E-state index is 11.2. The van der Waals surface area contributed by atoms with Gasteiger partial charge in [0.05, 0.1) is 12.5 Å². The van der Waals surface area contributed by atoms with Crippen LogP contribution < -0.4 is 0 Å². The summed E-state index contributed by atoms with van der Waals surface area (Å²) >= 11 is 0. The zero-order valence-corrected chi connectivity index (χ0v) is 8.02. The second-order valence-electron chi connectivity index (χ2n) is 4.28. The first-order valence-corrected chi connectivity index (χ1v) is 4.29. The molecule has 0 radical (unpaired) electrons. The monoisotopic (exact) mass is 168 g/mol. The molecular weight excluding hydrogens is 152 g/mol. The lowest BCUT2D eigenvalue weighted by atomic mass is 9.79. The number of rotatable bonds is 1. The van der Waals surface area contributed by atoms with Gasteiger partial charge in [0.1, 0.15) is 0 Å². The van der Waals surface area contributed by atoms with E-state index < -0.39 is 0 Å². The van der Waals surface area contributed by atoms with Crippen molar-refractivity contribution in [1.82, 2.24) is 0 Å². The Morgan fingerprint density at radius 1 is 1.58 bits per heavy atom. The molecule has 1 aliphatic rings. The quantitative estimate of drug-likeness (QED) is 0.443. The van der Waals surface area contributed by atoms with Gasteiger partial charge in [0, 0.05) is 0 Å². The minimum Gasteiger partial charge on any atom is -0.465 e. The molecule has 0 aromatic rings. The Balaban J connectivity index is 2.71. The standard InChI is InChI=1S/C10H16O2/c1-7(10(2,3)4)8-5-6-12-9(8)11/h8H,1,5-6H2,2-4H3. The third kappa shape index (κ3) is 1.68. The Labute approximate surface area is 73.6 Å². The van der Waals surface area contributed by atoms with Gasteiger partial charge in [-0.3, -0.25) is 4.79 Å². The van der Waals surface area contributed by atoms with Gasteiger partial charge < -0.3 is 4.74 Å². The summed E-state index contributed by atoms with van der Waals surface area (Å²) in [5.74, 6) is -0.167. The van der Waals surface area contributed by atoms with Crippen molar-refractivity contribution in [2.24, 2.45) is 11.3 Å². The van der Waals surface area contributed by atoms with Crippen LogP contribution >= 0.6 is 0 Å². The third-order valence-electron chi connectivity index (χ3n) is 2.32. The lowest BCUT2D eigenvalue weighted by Gasteiger charge is -2.24. The highest BCUT2D eigenvalue weighted by atomic mass is 16.5. The molecule has 0 N–H and O–H groups in total. The molecule has 1 aliphatic heterocycles. The molecule has 0 aromatic heterocycles. The van der Waals surface area contributed by atoms with E-state index in [4.69, 9.17) is 4.74 Å². The summed E-state index contributed by atoms with van der Waals surface area (Å²) < 4.78 is 4.88. The molecule has 12 heavy (non-hydrogen) atoms. The smallest absolute Gasteiger partial charge is 0.313 e. The van der Waals surface area contributed by atoms with Crippen molar-refractivity contribution in [2.75, 3.05) is 6.61 Å². The molecule has 0 amide bonds. The zero-order valence-electron chi connectivity index (χ0n) is 8.02. The number of carbonyl (C=O) groups excluding carboxylic acids is 1. The van der Waals surface area contributed by atoms with Crippen LogP contribution in [0.5, 0.6) is 0 Å². The van der Waals surface area contributed by atoms with Crippen LogP contribution in [-0.4, -0.2) is 12.6 Å². The summed E-state index contributed by atoms with van der Waals surface area (Å²) in [7, 11) is 0. The van der Waals surface area contributed by atoms with Crippen LogP contribution in [0.3, 0.4) is 0 Å². The highest BCUT2D eigenvalue weighted by Gasteiger charge is 2.33. The van der Waals surface area contributed by atoms with E-state index in [1.807, 2.05) is 0 Å². The van der Waals surface area contributed by atoms with Crippen molar-refractivity contribution in [1.29, 1.82) is 0 Å². The summed E-state index contributed by atoms with van der Waals surface area (Å²) in [6.07, 6.45) is 0.801. The highest BCUT2D eigenvalue weighted by molar-refractivity contribution is 5.77. The second kappa shape index (κ2) is 2.92. The summed E-state index contributed by atoms with van der Waals surface area (Å²) in [4.78, 5) is 11.2. The second-order valence-corrected chi connectivity index (χ2v) is 4.28. The van der Waals surface area contributed by atoms with E-state index in [1.165, 1.54) is 0 Å². The molecule has 1 unspecified atom stereocenters. The summed E-state index contributed by atoms with van der Waals surface area (Å²) in [6.45, 7) is 10.7. The van der Waals surface area contributed by atoms with Crippen LogP contribution in [-0.2, 0) is 9.53 Å². The average Bonchev–Trinajstić information content (AvgIpc) is 2.31. The van der Waals surface area contributed by atoms with Gasteiger partial charge in [-0.05, 0) is 11.8 Å². The van der Waals surface area contributed by atoms with Crippen LogP contribution in [0.15, 0.2) is 12.2 Å². The van der Waals surface area contributed by atoms with Crippen LogP contribution in [0, 0.1) is 11.3 Å². The first-order chi connectivity index (χ1) is 5.43. The van der Waals surface area contributed by atoms with Crippen molar-refractivity contribution in [3.8, 4) is 0 Å². The molecule has 68 valence electrons. The summed E-state index contributed by atoms with van der Waals surface area (Å²) in [5.41, 5.74) is 0.999. The molecular formula is C10H16O2. The summed E-state index contributed by atoms with van der Waals surface area (Å²) in [5, 5.41) is 0. The topological polar surface area (TPSA) is 26.3 Å². The highest BCUT2D eigenvalue weighted by Crippen LogP contribution is 2.34. The number of hydrogen-bond acceptors (Lipinski definition) is 2. The molecule has 1 fully saturated rings. The maximum atomic E-state index is 11.2. The minimum absolute atomic E-state index is 0.00796. The van der Waals surface area contributed by atoms with Gasteiger partial charge in [0.15, 0.2) is 0 Å². The largest absolute Gasteiger partial charge is 0.465 e. The molecule has 1 atom stereocenters. The molecule has 2 heteroatoms. The van der Waals surface area contributed by atoms with Gasteiger partial charge in [-0.2, -0.15) is 0 Å². The Bertz CT molecular complexity index is 210. The van der Waals surface area contributed by atoms with Gasteiger partial charge in [0.2, 0.25) is 0 Å². The van der Waals surface area contributed by atoms with Crippen molar-refractivity contribution in [3.05, 3.63) is 12.2 Å². The van der Waals surface area contributed by atoms with Crippen molar-refractivity contribution in [3.63, 3.8) is 0 Å². The fourth-order valence-electron chi connectivity index (χ4n) is 1.33. The third-order valence-corrected chi connectivity index (χ3v) is 2.32. The molecule has 1 saturated heterocycles. The van der Waals surface area contributed by atoms with Gasteiger partial charge in [-0.1, -0.05) is 32.9 Å². The molecule has 1 heterocycles. The molecule has 0 aromatic carbocycles. The molecule has 0 spiro atoms. The van der Waals surface area contributed by atoms with Gasteiger partial charge in [0.25, 0.3) is 0 Å². The Morgan fingerprint density at radius 3 is 2.50 bits per heavy atom. The Morgan fingerprint density at radius 2 is 2.17 bits per heavy atom. The van der Waals surface area contributed by atoms with Gasteiger partial charge >= 0.3 is 5.97 Å². The molecule has 1 rings (SSSR count). The van der Waals surface area contributed by atoms with E-state index in [0.29, 0.717) is 6.61 Å². The number of carbonyl (C=O) groups is 1. The first-order valence-electron chi connectivity index (χ1n) is 4.29. The Kier molecular flexibility index (Phi) is 2.27. The zero-order chi connectivity index (χ0) is 9.35. The molecule has 0 bridgehead atoms. The van der Waals surface area contributed by atoms with Crippen LogP contribution in [0.2, 0.25) is 0 Å². The molecule has 2 nitrogen and oxygen atoms in total. The number of esters is 1.